The van der Waals surface area contributed by atoms with E-state index in [0.29, 0.717) is 22.0 Å². The number of hydrogen-bond acceptors (Lipinski definition) is 3. The monoisotopic (exact) mass is 295 g/mol. The van der Waals surface area contributed by atoms with Gasteiger partial charge in [0, 0.05) is 11.4 Å². The lowest BCUT2D eigenvalue weighted by molar-refractivity contribution is -0.150. The normalized spacial score (nSPS) is 14.7. The molecule has 4 nitrogen and oxygen atoms in total. The van der Waals surface area contributed by atoms with E-state index in [4.69, 9.17) is 16.0 Å². The van der Waals surface area contributed by atoms with Gasteiger partial charge in [-0.25, -0.2) is 4.98 Å². The van der Waals surface area contributed by atoms with Crippen LogP contribution in [0.3, 0.4) is 0 Å². The van der Waals surface area contributed by atoms with Gasteiger partial charge >= 0.3 is 5.97 Å². The summed E-state index contributed by atoms with van der Waals surface area (Å²) in [6.45, 7) is 7.38. The second kappa shape index (κ2) is 5.09. The average molecular weight is 296 g/mol. The van der Waals surface area contributed by atoms with Gasteiger partial charge in [-0.1, -0.05) is 25.4 Å². The number of carboxylic acid groups (broad SMARTS) is 1. The van der Waals surface area contributed by atoms with Crippen LogP contribution in [0.2, 0.25) is 5.02 Å². The number of benzene rings is 1. The second-order valence-corrected chi connectivity index (χ2v) is 6.17. The Kier molecular flexibility index (Phi) is 3.78. The molecule has 2 aromatic rings. The summed E-state index contributed by atoms with van der Waals surface area (Å²) < 4.78 is 5.72. The highest BCUT2D eigenvalue weighted by Crippen LogP contribution is 2.33. The number of rotatable bonds is 4. The highest BCUT2D eigenvalue weighted by molar-refractivity contribution is 6.31. The minimum Gasteiger partial charge on any atom is -0.481 e. The van der Waals surface area contributed by atoms with Crippen molar-refractivity contribution in [3.05, 3.63) is 28.6 Å². The van der Waals surface area contributed by atoms with E-state index in [1.807, 2.05) is 20.8 Å². The SMILES string of the molecule is Cc1cc(Cl)cc2nc(CC(C)(C(=O)O)C(C)C)oc12. The first-order valence-corrected chi connectivity index (χ1v) is 6.91. The average Bonchev–Trinajstić information content (AvgIpc) is 2.70. The van der Waals surface area contributed by atoms with Gasteiger partial charge < -0.3 is 9.52 Å². The Morgan fingerprint density at radius 2 is 2.15 bits per heavy atom. The summed E-state index contributed by atoms with van der Waals surface area (Å²) in [6, 6.07) is 3.53. The Balaban J connectivity index is 2.44. The molecule has 1 unspecified atom stereocenters. The van der Waals surface area contributed by atoms with Crippen molar-refractivity contribution in [3.63, 3.8) is 0 Å². The number of oxazole rings is 1. The lowest BCUT2D eigenvalue weighted by Crippen LogP contribution is -2.35. The summed E-state index contributed by atoms with van der Waals surface area (Å²) in [5.41, 5.74) is 1.33. The van der Waals surface area contributed by atoms with Crippen molar-refractivity contribution in [2.24, 2.45) is 11.3 Å². The predicted molar refractivity (Wildman–Crippen MR) is 78.0 cm³/mol. The maximum absolute atomic E-state index is 11.5. The van der Waals surface area contributed by atoms with Gasteiger partial charge in [-0.2, -0.15) is 0 Å². The van der Waals surface area contributed by atoms with Crippen LogP contribution in [0.1, 0.15) is 32.2 Å². The van der Waals surface area contributed by atoms with Crippen molar-refractivity contribution < 1.29 is 14.3 Å². The first-order valence-electron chi connectivity index (χ1n) is 6.53. The van der Waals surface area contributed by atoms with Crippen molar-refractivity contribution in [1.29, 1.82) is 0 Å². The third-order valence-electron chi connectivity index (χ3n) is 3.97. The molecule has 0 saturated heterocycles. The largest absolute Gasteiger partial charge is 0.481 e. The number of carboxylic acids is 1. The molecule has 0 bridgehead atoms. The Hall–Kier alpha value is -1.55. The van der Waals surface area contributed by atoms with Crippen LogP contribution < -0.4 is 0 Å². The molecule has 1 aromatic heterocycles. The predicted octanol–water partition coefficient (Wildman–Crippen LogP) is 4.08. The molecule has 20 heavy (non-hydrogen) atoms. The number of aryl methyl sites for hydroxylation is 1. The van der Waals surface area contributed by atoms with E-state index >= 15 is 0 Å². The van der Waals surface area contributed by atoms with Gasteiger partial charge in [0.1, 0.15) is 5.52 Å². The van der Waals surface area contributed by atoms with E-state index in [-0.39, 0.29) is 12.3 Å². The molecule has 108 valence electrons. The molecule has 0 aliphatic heterocycles. The molecule has 0 aliphatic carbocycles. The molecule has 5 heteroatoms. The van der Waals surface area contributed by atoms with Crippen LogP contribution in [0, 0.1) is 18.3 Å². The van der Waals surface area contributed by atoms with Crippen molar-refractivity contribution in [2.75, 3.05) is 0 Å². The van der Waals surface area contributed by atoms with Crippen LogP contribution in [-0.4, -0.2) is 16.1 Å². The van der Waals surface area contributed by atoms with Crippen LogP contribution >= 0.6 is 11.6 Å². The van der Waals surface area contributed by atoms with Crippen molar-refractivity contribution in [1.82, 2.24) is 4.98 Å². The molecule has 1 atom stereocenters. The zero-order valence-electron chi connectivity index (χ0n) is 12.0. The number of aliphatic carboxylic acids is 1. The number of nitrogens with zero attached hydrogens (tertiary/aromatic N) is 1. The van der Waals surface area contributed by atoms with Gasteiger partial charge in [0.05, 0.1) is 5.41 Å². The molecule has 0 aliphatic rings. The fourth-order valence-corrected chi connectivity index (χ4v) is 2.39. The minimum atomic E-state index is -0.904. The van der Waals surface area contributed by atoms with Crippen molar-refractivity contribution in [3.8, 4) is 0 Å². The van der Waals surface area contributed by atoms with Gasteiger partial charge in [0.15, 0.2) is 11.5 Å². The molecule has 0 saturated carbocycles. The standard InChI is InChI=1S/C15H18ClNO3/c1-8(2)15(4,14(18)19)7-12-17-11-6-10(16)5-9(3)13(11)20-12/h5-6,8H,7H2,1-4H3,(H,18,19). The Labute approximate surface area is 122 Å². The first kappa shape index (κ1) is 14.9. The lowest BCUT2D eigenvalue weighted by atomic mass is 9.76. The Bertz CT molecular complexity index is 662. The molecule has 1 aromatic carbocycles. The third kappa shape index (κ3) is 2.52. The molecule has 1 heterocycles. The molecule has 0 amide bonds. The van der Waals surface area contributed by atoms with Crippen LogP contribution in [-0.2, 0) is 11.2 Å². The number of halogens is 1. The molecule has 1 N–H and O–H groups in total. The summed E-state index contributed by atoms with van der Waals surface area (Å²) >= 11 is 5.99. The highest BCUT2D eigenvalue weighted by atomic mass is 35.5. The molecule has 2 rings (SSSR count). The summed E-state index contributed by atoms with van der Waals surface area (Å²) in [6.07, 6.45) is 0.256. The number of carbonyl (C=O) groups is 1. The molecular weight excluding hydrogens is 278 g/mol. The maximum Gasteiger partial charge on any atom is 0.310 e. The summed E-state index contributed by atoms with van der Waals surface area (Å²) in [7, 11) is 0. The smallest absolute Gasteiger partial charge is 0.310 e. The van der Waals surface area contributed by atoms with Gasteiger partial charge in [0.2, 0.25) is 0 Å². The summed E-state index contributed by atoms with van der Waals surface area (Å²) in [4.78, 5) is 15.9. The van der Waals surface area contributed by atoms with Gasteiger partial charge in [-0.15, -0.1) is 0 Å². The molecule has 0 fully saturated rings. The highest BCUT2D eigenvalue weighted by Gasteiger charge is 2.38. The fourth-order valence-electron chi connectivity index (χ4n) is 2.12. The Morgan fingerprint density at radius 3 is 2.70 bits per heavy atom. The van der Waals surface area contributed by atoms with E-state index in [2.05, 4.69) is 4.98 Å². The first-order chi connectivity index (χ1) is 9.24. The van der Waals surface area contributed by atoms with Crippen LogP contribution in [0.5, 0.6) is 0 Å². The van der Waals surface area contributed by atoms with Gasteiger partial charge in [-0.3, -0.25) is 4.79 Å². The van der Waals surface area contributed by atoms with E-state index in [1.54, 1.807) is 19.1 Å². The fraction of sp³-hybridized carbons (Fsp3) is 0.467. The minimum absolute atomic E-state index is 0.0281. The van der Waals surface area contributed by atoms with E-state index in [1.165, 1.54) is 0 Å². The van der Waals surface area contributed by atoms with Crippen molar-refractivity contribution >= 4 is 28.7 Å². The van der Waals surface area contributed by atoms with Crippen LogP contribution in [0.4, 0.5) is 0 Å². The number of hydrogen-bond donors (Lipinski definition) is 1. The zero-order chi connectivity index (χ0) is 15.1. The van der Waals surface area contributed by atoms with Crippen LogP contribution in [0.25, 0.3) is 11.1 Å². The lowest BCUT2D eigenvalue weighted by Gasteiger charge is -2.27. The third-order valence-corrected chi connectivity index (χ3v) is 4.18. The van der Waals surface area contributed by atoms with E-state index in [0.717, 1.165) is 5.56 Å². The topological polar surface area (TPSA) is 63.3 Å². The second-order valence-electron chi connectivity index (χ2n) is 5.73. The molecular formula is C15H18ClNO3. The van der Waals surface area contributed by atoms with Crippen molar-refractivity contribution in [2.45, 2.75) is 34.1 Å². The number of aromatic nitrogens is 1. The van der Waals surface area contributed by atoms with Crippen LogP contribution in [0.15, 0.2) is 16.5 Å². The number of fused-ring (bicyclic) bond motifs is 1. The Morgan fingerprint density at radius 1 is 1.50 bits per heavy atom. The molecule has 0 radical (unpaired) electrons. The maximum atomic E-state index is 11.5. The van der Waals surface area contributed by atoms with E-state index < -0.39 is 11.4 Å². The van der Waals surface area contributed by atoms with Gasteiger partial charge in [-0.05, 0) is 37.5 Å². The van der Waals surface area contributed by atoms with E-state index in [9.17, 15) is 9.90 Å². The summed E-state index contributed by atoms with van der Waals surface area (Å²) in [5, 5.41) is 10.0. The zero-order valence-corrected chi connectivity index (χ0v) is 12.8. The quantitative estimate of drug-likeness (QED) is 0.923. The summed E-state index contributed by atoms with van der Waals surface area (Å²) in [5.74, 6) is -0.437. The van der Waals surface area contributed by atoms with Gasteiger partial charge in [0.25, 0.3) is 0 Å². The molecule has 0 spiro atoms.